The summed E-state index contributed by atoms with van der Waals surface area (Å²) in [5, 5.41) is 0. The van der Waals surface area contributed by atoms with Crippen LogP contribution in [0, 0.1) is 11.8 Å². The Morgan fingerprint density at radius 2 is 1.74 bits per heavy atom. The fraction of sp³-hybridized carbons (Fsp3) is 0.571. The van der Waals surface area contributed by atoms with Gasteiger partial charge in [-0.3, -0.25) is 19.3 Å². The van der Waals surface area contributed by atoms with Crippen molar-refractivity contribution in [1.29, 1.82) is 0 Å². The zero-order valence-corrected chi connectivity index (χ0v) is 15.6. The Hall–Kier alpha value is -2.21. The summed E-state index contributed by atoms with van der Waals surface area (Å²) in [7, 11) is 0. The van der Waals surface area contributed by atoms with E-state index >= 15 is 0 Å². The van der Waals surface area contributed by atoms with Crippen LogP contribution in [0.1, 0.15) is 41.6 Å². The molecular formula is C21H26N2O4. The summed E-state index contributed by atoms with van der Waals surface area (Å²) in [6.07, 6.45) is 3.76. The van der Waals surface area contributed by atoms with Crippen LogP contribution in [0.3, 0.4) is 0 Å². The first-order chi connectivity index (χ1) is 13.1. The fourth-order valence-corrected chi connectivity index (χ4v) is 4.48. The summed E-state index contributed by atoms with van der Waals surface area (Å²) in [5.41, 5.74) is 1.47. The molecule has 0 spiro atoms. The number of amides is 3. The number of morpholine rings is 1. The Labute approximate surface area is 159 Å². The van der Waals surface area contributed by atoms with Crippen LogP contribution < -0.4 is 0 Å². The molecule has 144 valence electrons. The standard InChI is InChI=1S/C21H26N2O4/c24-19-13-17-3-1-2-4-18(17)21(26)23(19)14-15-5-7-16(8-6-15)20(25)22-9-11-27-12-10-22/h1-4,15-16H,5-14H2. The molecule has 0 unspecified atom stereocenters. The van der Waals surface area contributed by atoms with Crippen molar-refractivity contribution in [3.05, 3.63) is 35.4 Å². The monoisotopic (exact) mass is 370 g/mol. The van der Waals surface area contributed by atoms with Crippen molar-refractivity contribution >= 4 is 17.7 Å². The number of hydrogen-bond acceptors (Lipinski definition) is 4. The maximum atomic E-state index is 12.7. The van der Waals surface area contributed by atoms with E-state index < -0.39 is 0 Å². The Morgan fingerprint density at radius 1 is 1.04 bits per heavy atom. The van der Waals surface area contributed by atoms with Crippen LogP contribution in [0.4, 0.5) is 0 Å². The van der Waals surface area contributed by atoms with Gasteiger partial charge in [-0.2, -0.15) is 0 Å². The lowest BCUT2D eigenvalue weighted by atomic mass is 9.80. The number of nitrogens with zero attached hydrogens (tertiary/aromatic N) is 2. The lowest BCUT2D eigenvalue weighted by molar-refractivity contribution is -0.141. The first-order valence-corrected chi connectivity index (χ1v) is 9.92. The minimum Gasteiger partial charge on any atom is -0.378 e. The summed E-state index contributed by atoms with van der Waals surface area (Å²) in [6.45, 7) is 3.11. The molecule has 0 atom stereocenters. The maximum Gasteiger partial charge on any atom is 0.260 e. The summed E-state index contributed by atoms with van der Waals surface area (Å²) in [4.78, 5) is 41.2. The number of carbonyl (C=O) groups is 3. The van der Waals surface area contributed by atoms with Crippen molar-refractivity contribution in [2.45, 2.75) is 32.1 Å². The molecule has 6 heteroatoms. The van der Waals surface area contributed by atoms with Gasteiger partial charge >= 0.3 is 0 Å². The van der Waals surface area contributed by atoms with Gasteiger partial charge in [0.05, 0.1) is 19.6 Å². The highest BCUT2D eigenvalue weighted by Crippen LogP contribution is 2.32. The third kappa shape index (κ3) is 3.76. The second-order valence-electron chi connectivity index (χ2n) is 7.80. The van der Waals surface area contributed by atoms with E-state index in [2.05, 4.69) is 0 Å². The van der Waals surface area contributed by atoms with Crippen LogP contribution in [0.2, 0.25) is 0 Å². The highest BCUT2D eigenvalue weighted by molar-refractivity contribution is 6.09. The maximum absolute atomic E-state index is 12.7. The predicted octanol–water partition coefficient (Wildman–Crippen LogP) is 1.88. The SMILES string of the molecule is O=C(C1CCC(CN2C(=O)Cc3ccccc3C2=O)CC1)N1CCOCC1. The summed E-state index contributed by atoms with van der Waals surface area (Å²) < 4.78 is 5.32. The molecule has 0 radical (unpaired) electrons. The molecule has 0 aromatic heterocycles. The number of hydrogen-bond donors (Lipinski definition) is 0. The Kier molecular flexibility index (Phi) is 5.25. The second kappa shape index (κ2) is 7.80. The molecule has 1 aliphatic carbocycles. The van der Waals surface area contributed by atoms with Crippen LogP contribution in [-0.4, -0.2) is 60.4 Å². The number of carbonyl (C=O) groups excluding carboxylic acids is 3. The lowest BCUT2D eigenvalue weighted by Crippen LogP contribution is -2.46. The van der Waals surface area contributed by atoms with Gasteiger partial charge in [0.2, 0.25) is 11.8 Å². The molecule has 1 aromatic carbocycles. The number of ether oxygens (including phenoxy) is 1. The predicted molar refractivity (Wildman–Crippen MR) is 99.0 cm³/mol. The van der Waals surface area contributed by atoms with Crippen LogP contribution in [0.25, 0.3) is 0 Å². The molecule has 0 N–H and O–H groups in total. The average molecular weight is 370 g/mol. The minimum absolute atomic E-state index is 0.0767. The van der Waals surface area contributed by atoms with Gasteiger partial charge in [0.15, 0.2) is 0 Å². The van der Waals surface area contributed by atoms with Gasteiger partial charge in [-0.1, -0.05) is 18.2 Å². The Morgan fingerprint density at radius 3 is 2.48 bits per heavy atom. The minimum atomic E-state index is -0.173. The summed E-state index contributed by atoms with van der Waals surface area (Å²) >= 11 is 0. The van der Waals surface area contributed by atoms with Gasteiger partial charge < -0.3 is 9.64 Å². The molecule has 3 aliphatic rings. The van der Waals surface area contributed by atoms with E-state index in [9.17, 15) is 14.4 Å². The highest BCUT2D eigenvalue weighted by atomic mass is 16.5. The van der Waals surface area contributed by atoms with Crippen LogP contribution >= 0.6 is 0 Å². The molecule has 2 aliphatic heterocycles. The van der Waals surface area contributed by atoms with Crippen LogP contribution in [0.5, 0.6) is 0 Å². The first-order valence-electron chi connectivity index (χ1n) is 9.92. The number of fused-ring (bicyclic) bond motifs is 1. The average Bonchev–Trinajstić information content (AvgIpc) is 2.72. The van der Waals surface area contributed by atoms with Crippen molar-refractivity contribution in [2.24, 2.45) is 11.8 Å². The van der Waals surface area contributed by atoms with Crippen molar-refractivity contribution in [1.82, 2.24) is 9.80 Å². The Balaban J connectivity index is 1.33. The third-order valence-corrected chi connectivity index (χ3v) is 6.10. The van der Waals surface area contributed by atoms with E-state index in [1.165, 1.54) is 4.90 Å². The number of rotatable bonds is 3. The zero-order chi connectivity index (χ0) is 18.8. The van der Waals surface area contributed by atoms with E-state index in [-0.39, 0.29) is 29.6 Å². The zero-order valence-electron chi connectivity index (χ0n) is 15.6. The van der Waals surface area contributed by atoms with Crippen molar-refractivity contribution < 1.29 is 19.1 Å². The van der Waals surface area contributed by atoms with Gasteiger partial charge in [0.25, 0.3) is 5.91 Å². The molecule has 0 bridgehead atoms. The highest BCUT2D eigenvalue weighted by Gasteiger charge is 2.35. The number of benzene rings is 1. The topological polar surface area (TPSA) is 66.9 Å². The normalized spacial score (nSPS) is 26.1. The largest absolute Gasteiger partial charge is 0.378 e. The quantitative estimate of drug-likeness (QED) is 0.762. The summed E-state index contributed by atoms with van der Waals surface area (Å²) in [5.74, 6) is 0.333. The van der Waals surface area contributed by atoms with Crippen molar-refractivity contribution in [3.8, 4) is 0 Å². The fourth-order valence-electron chi connectivity index (χ4n) is 4.48. The third-order valence-electron chi connectivity index (χ3n) is 6.10. The molecule has 3 amide bonds. The van der Waals surface area contributed by atoms with Gasteiger partial charge in [-0.05, 0) is 43.2 Å². The smallest absolute Gasteiger partial charge is 0.260 e. The lowest BCUT2D eigenvalue weighted by Gasteiger charge is -2.36. The number of imide groups is 1. The molecular weight excluding hydrogens is 344 g/mol. The molecule has 1 saturated carbocycles. The van der Waals surface area contributed by atoms with E-state index in [1.54, 1.807) is 6.07 Å². The van der Waals surface area contributed by atoms with Gasteiger partial charge in [0.1, 0.15) is 0 Å². The molecule has 6 nitrogen and oxygen atoms in total. The molecule has 1 saturated heterocycles. The molecule has 27 heavy (non-hydrogen) atoms. The van der Waals surface area contributed by atoms with Gasteiger partial charge in [-0.25, -0.2) is 0 Å². The van der Waals surface area contributed by atoms with Gasteiger partial charge in [0, 0.05) is 31.1 Å². The summed E-state index contributed by atoms with van der Waals surface area (Å²) in [6, 6.07) is 7.36. The van der Waals surface area contributed by atoms with E-state index in [0.29, 0.717) is 44.8 Å². The van der Waals surface area contributed by atoms with Gasteiger partial charge in [-0.15, -0.1) is 0 Å². The Bertz CT molecular complexity index is 733. The molecule has 4 rings (SSSR count). The first kappa shape index (κ1) is 18.2. The van der Waals surface area contributed by atoms with E-state index in [4.69, 9.17) is 4.74 Å². The van der Waals surface area contributed by atoms with E-state index in [1.807, 2.05) is 23.1 Å². The molecule has 2 fully saturated rings. The van der Waals surface area contributed by atoms with Crippen molar-refractivity contribution in [2.75, 3.05) is 32.8 Å². The molecule has 2 heterocycles. The van der Waals surface area contributed by atoms with Crippen LogP contribution in [-0.2, 0) is 20.7 Å². The van der Waals surface area contributed by atoms with Crippen molar-refractivity contribution in [3.63, 3.8) is 0 Å². The molecule has 1 aromatic rings. The van der Waals surface area contributed by atoms with Crippen LogP contribution in [0.15, 0.2) is 24.3 Å². The second-order valence-corrected chi connectivity index (χ2v) is 7.80. The van der Waals surface area contributed by atoms with E-state index in [0.717, 1.165) is 31.2 Å².